The number of benzene rings is 2. The molecule has 1 N–H and O–H groups in total. The van der Waals surface area contributed by atoms with Gasteiger partial charge in [-0.25, -0.2) is 5.43 Å². The molecule has 0 bridgehead atoms. The molecule has 122 valence electrons. The van der Waals surface area contributed by atoms with Gasteiger partial charge < -0.3 is 4.74 Å². The van der Waals surface area contributed by atoms with E-state index in [0.717, 1.165) is 25.9 Å². The maximum absolute atomic E-state index is 12.3. The molecule has 1 heterocycles. The lowest BCUT2D eigenvalue weighted by molar-refractivity contribution is 0.0959. The van der Waals surface area contributed by atoms with E-state index in [2.05, 4.69) is 26.5 Å². The number of ether oxygens (including phenoxy) is 1. The molecule has 0 saturated heterocycles. The van der Waals surface area contributed by atoms with Gasteiger partial charge in [0.1, 0.15) is 10.6 Å². The van der Waals surface area contributed by atoms with Crippen LogP contribution in [0.2, 0.25) is 5.02 Å². The van der Waals surface area contributed by atoms with Crippen LogP contribution in [0.15, 0.2) is 52.0 Å². The number of carbonyl (C=O) groups excluding carboxylic acids is 1. The Labute approximate surface area is 156 Å². The predicted octanol–water partition coefficient (Wildman–Crippen LogP) is 5.09. The molecule has 0 spiro atoms. The van der Waals surface area contributed by atoms with E-state index in [-0.39, 0.29) is 5.91 Å². The van der Waals surface area contributed by atoms with Crippen molar-refractivity contribution in [2.45, 2.75) is 0 Å². The number of halogens is 2. The number of amides is 1. The van der Waals surface area contributed by atoms with Crippen LogP contribution in [-0.2, 0) is 0 Å². The Morgan fingerprint density at radius 3 is 2.92 bits per heavy atom. The number of hydrogen-bond donors (Lipinski definition) is 1. The minimum Gasteiger partial charge on any atom is -0.497 e. The second-order valence-electron chi connectivity index (χ2n) is 4.86. The Morgan fingerprint density at radius 2 is 2.17 bits per heavy atom. The summed E-state index contributed by atoms with van der Waals surface area (Å²) in [5, 5.41) is 5.23. The molecule has 0 aliphatic rings. The van der Waals surface area contributed by atoms with Crippen molar-refractivity contribution < 1.29 is 9.53 Å². The Balaban J connectivity index is 1.80. The lowest BCUT2D eigenvalue weighted by atomic mass is 10.2. The van der Waals surface area contributed by atoms with Gasteiger partial charge in [-0.15, -0.1) is 11.3 Å². The third-order valence-electron chi connectivity index (χ3n) is 3.27. The average molecular weight is 424 g/mol. The van der Waals surface area contributed by atoms with Crippen LogP contribution in [0.5, 0.6) is 5.75 Å². The fourth-order valence-electron chi connectivity index (χ4n) is 2.12. The van der Waals surface area contributed by atoms with Crippen LogP contribution in [0.3, 0.4) is 0 Å². The molecule has 24 heavy (non-hydrogen) atoms. The van der Waals surface area contributed by atoms with Gasteiger partial charge in [-0.2, -0.15) is 5.10 Å². The molecule has 0 unspecified atom stereocenters. The second-order valence-corrected chi connectivity index (χ2v) is 7.21. The van der Waals surface area contributed by atoms with Crippen molar-refractivity contribution >= 4 is 61.1 Å². The summed E-state index contributed by atoms with van der Waals surface area (Å²) in [6.07, 6.45) is 1.58. The van der Waals surface area contributed by atoms with Gasteiger partial charge in [-0.1, -0.05) is 39.7 Å². The number of rotatable bonds is 4. The summed E-state index contributed by atoms with van der Waals surface area (Å²) in [6, 6.07) is 13.1. The molecule has 0 aliphatic heterocycles. The highest BCUT2D eigenvalue weighted by Gasteiger charge is 2.17. The summed E-state index contributed by atoms with van der Waals surface area (Å²) in [7, 11) is 1.60. The van der Waals surface area contributed by atoms with Gasteiger partial charge in [0.25, 0.3) is 5.91 Å². The van der Waals surface area contributed by atoms with Gasteiger partial charge in [0, 0.05) is 14.6 Å². The van der Waals surface area contributed by atoms with Crippen molar-refractivity contribution in [3.8, 4) is 5.75 Å². The molecule has 4 nitrogen and oxygen atoms in total. The lowest BCUT2D eigenvalue weighted by Crippen LogP contribution is -2.16. The van der Waals surface area contributed by atoms with E-state index in [9.17, 15) is 4.79 Å². The zero-order valence-corrected chi connectivity index (χ0v) is 15.7. The number of carbonyl (C=O) groups is 1. The van der Waals surface area contributed by atoms with Crippen LogP contribution in [0, 0.1) is 0 Å². The molecule has 1 amide bonds. The normalized spacial score (nSPS) is 11.1. The van der Waals surface area contributed by atoms with E-state index < -0.39 is 0 Å². The van der Waals surface area contributed by atoms with E-state index in [4.69, 9.17) is 16.3 Å². The number of methoxy groups -OCH3 is 1. The summed E-state index contributed by atoms with van der Waals surface area (Å²) < 4.78 is 7.02. The van der Waals surface area contributed by atoms with Crippen molar-refractivity contribution in [1.29, 1.82) is 0 Å². The Bertz CT molecular complexity index is 939. The summed E-state index contributed by atoms with van der Waals surface area (Å²) in [6.45, 7) is 0. The molecule has 2 aromatic carbocycles. The molecule has 3 rings (SSSR count). The van der Waals surface area contributed by atoms with Crippen molar-refractivity contribution in [3.05, 3.63) is 62.4 Å². The van der Waals surface area contributed by atoms with Crippen molar-refractivity contribution in [3.63, 3.8) is 0 Å². The highest BCUT2D eigenvalue weighted by Crippen LogP contribution is 2.37. The monoisotopic (exact) mass is 422 g/mol. The lowest BCUT2D eigenvalue weighted by Gasteiger charge is -1.98. The number of nitrogens with zero attached hydrogens (tertiary/aromatic N) is 1. The summed E-state index contributed by atoms with van der Waals surface area (Å²) in [5.41, 5.74) is 3.38. The van der Waals surface area contributed by atoms with Gasteiger partial charge >= 0.3 is 0 Å². The first-order valence-corrected chi connectivity index (χ1v) is 8.92. The first-order chi connectivity index (χ1) is 11.6. The highest BCUT2D eigenvalue weighted by molar-refractivity contribution is 9.10. The van der Waals surface area contributed by atoms with Gasteiger partial charge in [0.05, 0.1) is 18.3 Å². The first kappa shape index (κ1) is 17.0. The zero-order valence-electron chi connectivity index (χ0n) is 12.5. The predicted molar refractivity (Wildman–Crippen MR) is 103 cm³/mol. The maximum atomic E-state index is 12.3. The largest absolute Gasteiger partial charge is 0.497 e. The fourth-order valence-corrected chi connectivity index (χ4v) is 3.97. The van der Waals surface area contributed by atoms with E-state index in [1.54, 1.807) is 13.3 Å². The Morgan fingerprint density at radius 1 is 1.33 bits per heavy atom. The Kier molecular flexibility index (Phi) is 5.18. The van der Waals surface area contributed by atoms with E-state index in [1.807, 2.05) is 42.5 Å². The number of nitrogens with one attached hydrogen (secondary N) is 1. The van der Waals surface area contributed by atoms with Crippen LogP contribution >= 0.6 is 38.9 Å². The summed E-state index contributed by atoms with van der Waals surface area (Å²) in [4.78, 5) is 12.7. The number of hydrazone groups is 1. The highest BCUT2D eigenvalue weighted by atomic mass is 79.9. The van der Waals surface area contributed by atoms with Crippen LogP contribution < -0.4 is 10.2 Å². The van der Waals surface area contributed by atoms with Crippen LogP contribution in [0.1, 0.15) is 15.2 Å². The van der Waals surface area contributed by atoms with E-state index in [0.29, 0.717) is 9.90 Å². The molecule has 0 saturated carbocycles. The SMILES string of the molecule is COc1ccc2c(Cl)c(C(=O)N/N=C/c3cccc(Br)c3)sc2c1. The minimum atomic E-state index is -0.341. The molecule has 1 aromatic heterocycles. The molecule has 3 aromatic rings. The minimum absolute atomic E-state index is 0.341. The molecular weight excluding hydrogens is 412 g/mol. The van der Waals surface area contributed by atoms with Crippen molar-refractivity contribution in [2.24, 2.45) is 5.10 Å². The fraction of sp³-hybridized carbons (Fsp3) is 0.0588. The molecule has 7 heteroatoms. The van der Waals surface area contributed by atoms with Gasteiger partial charge in [0.15, 0.2) is 0 Å². The second kappa shape index (κ2) is 7.34. The van der Waals surface area contributed by atoms with E-state index in [1.165, 1.54) is 11.3 Å². The smallest absolute Gasteiger partial charge is 0.283 e. The van der Waals surface area contributed by atoms with Crippen molar-refractivity contribution in [1.82, 2.24) is 5.43 Å². The molecule has 0 radical (unpaired) electrons. The Hall–Kier alpha value is -1.89. The molecule has 0 aliphatic carbocycles. The van der Waals surface area contributed by atoms with E-state index >= 15 is 0 Å². The quantitative estimate of drug-likeness (QED) is 0.469. The number of hydrogen-bond acceptors (Lipinski definition) is 4. The van der Waals surface area contributed by atoms with Gasteiger partial charge in [-0.05, 0) is 35.9 Å². The number of fused-ring (bicyclic) bond motifs is 1. The van der Waals surface area contributed by atoms with Crippen LogP contribution in [0.4, 0.5) is 0 Å². The molecular formula is C17H12BrClN2O2S. The van der Waals surface area contributed by atoms with Crippen molar-refractivity contribution in [2.75, 3.05) is 7.11 Å². The topological polar surface area (TPSA) is 50.7 Å². The van der Waals surface area contributed by atoms with Crippen LogP contribution in [0.25, 0.3) is 10.1 Å². The first-order valence-electron chi connectivity index (χ1n) is 6.93. The third-order valence-corrected chi connectivity index (χ3v) is 5.42. The standard InChI is InChI=1S/C17H12BrClN2O2S/c1-23-12-5-6-13-14(8-12)24-16(15(13)19)17(22)21-20-9-10-3-2-4-11(18)7-10/h2-9H,1H3,(H,21,22)/b20-9+. The zero-order chi connectivity index (χ0) is 17.1. The van der Waals surface area contributed by atoms with Crippen LogP contribution in [-0.4, -0.2) is 19.2 Å². The average Bonchev–Trinajstić information content (AvgIpc) is 2.91. The third kappa shape index (κ3) is 3.61. The van der Waals surface area contributed by atoms with Gasteiger partial charge in [-0.3, -0.25) is 4.79 Å². The van der Waals surface area contributed by atoms with Gasteiger partial charge in [0.2, 0.25) is 0 Å². The summed E-state index contributed by atoms with van der Waals surface area (Å²) in [5.74, 6) is 0.381. The maximum Gasteiger partial charge on any atom is 0.283 e. The summed E-state index contributed by atoms with van der Waals surface area (Å²) >= 11 is 11.0. The number of thiophene rings is 1. The molecule has 0 atom stereocenters. The molecule has 0 fully saturated rings.